The third-order valence-electron chi connectivity index (χ3n) is 0.731. The maximum absolute atomic E-state index is 10.4. The third kappa shape index (κ3) is 3.46. The van der Waals surface area contributed by atoms with Gasteiger partial charge in [-0.25, -0.2) is 0 Å². The molecule has 0 aliphatic rings. The van der Waals surface area contributed by atoms with Gasteiger partial charge in [-0.05, 0) is 6.92 Å². The van der Waals surface area contributed by atoms with E-state index >= 15 is 0 Å². The fraction of sp³-hybridized carbons (Fsp3) is 0.333. The van der Waals surface area contributed by atoms with Gasteiger partial charge >= 0.3 is 0 Å². The summed E-state index contributed by atoms with van der Waals surface area (Å²) >= 11 is 0. The second-order valence-corrected chi connectivity index (χ2v) is 1.75. The van der Waals surface area contributed by atoms with Crippen LogP contribution < -0.4 is 0 Å². The Hall–Kier alpha value is -1.12. The van der Waals surface area contributed by atoms with Crippen LogP contribution in [0.5, 0.6) is 0 Å². The zero-order chi connectivity index (χ0) is 7.44. The molecule has 0 aromatic carbocycles. The van der Waals surface area contributed by atoms with Crippen molar-refractivity contribution < 1.29 is 14.7 Å². The zero-order valence-corrected chi connectivity index (χ0v) is 5.18. The van der Waals surface area contributed by atoms with Gasteiger partial charge in [0.1, 0.15) is 5.78 Å². The molecule has 0 radical (unpaired) electrons. The number of aliphatic hydroxyl groups is 1. The van der Waals surface area contributed by atoms with Crippen molar-refractivity contribution in [2.45, 2.75) is 13.3 Å². The molecule has 0 spiro atoms. The predicted octanol–water partition coefficient (Wildman–Crippen LogP) is 0.606. The molecule has 0 aliphatic heterocycles. The molecule has 0 amide bonds. The second-order valence-electron chi connectivity index (χ2n) is 1.75. The summed E-state index contributed by atoms with van der Waals surface area (Å²) in [5, 5.41) is 8.37. The van der Waals surface area contributed by atoms with Gasteiger partial charge in [0, 0.05) is 0 Å². The molecule has 0 atom stereocenters. The molecular weight excluding hydrogens is 120 g/mol. The lowest BCUT2D eigenvalue weighted by Crippen LogP contribution is -2.05. The highest BCUT2D eigenvalue weighted by Crippen LogP contribution is 1.91. The molecule has 1 N–H and O–H groups in total. The first kappa shape index (κ1) is 7.88. The summed E-state index contributed by atoms with van der Waals surface area (Å²) in [5.41, 5.74) is 0. The van der Waals surface area contributed by atoms with Gasteiger partial charge in [0.15, 0.2) is 5.76 Å². The standard InChI is InChI=1S/C6H8O3/c1-4(7)3-6(9)5(2)8/h8H,2-3H2,1H3. The lowest BCUT2D eigenvalue weighted by molar-refractivity contribution is -0.125. The Morgan fingerprint density at radius 2 is 2.00 bits per heavy atom. The van der Waals surface area contributed by atoms with Crippen molar-refractivity contribution in [2.24, 2.45) is 0 Å². The molecular formula is C6H8O3. The van der Waals surface area contributed by atoms with Crippen LogP contribution >= 0.6 is 0 Å². The fourth-order valence-corrected chi connectivity index (χ4v) is 0.328. The quantitative estimate of drug-likeness (QED) is 0.344. The molecule has 0 aromatic rings. The van der Waals surface area contributed by atoms with E-state index in [1.807, 2.05) is 0 Å². The Kier molecular flexibility index (Phi) is 2.64. The summed E-state index contributed by atoms with van der Waals surface area (Å²) in [4.78, 5) is 20.6. The zero-order valence-electron chi connectivity index (χ0n) is 5.18. The molecule has 3 heteroatoms. The number of ketones is 2. The van der Waals surface area contributed by atoms with Crippen molar-refractivity contribution in [1.82, 2.24) is 0 Å². The van der Waals surface area contributed by atoms with Gasteiger partial charge in [0.25, 0.3) is 0 Å². The van der Waals surface area contributed by atoms with Crippen LogP contribution in [0.1, 0.15) is 13.3 Å². The molecule has 50 valence electrons. The summed E-state index contributed by atoms with van der Waals surface area (Å²) in [7, 11) is 0. The van der Waals surface area contributed by atoms with Crippen molar-refractivity contribution in [3.05, 3.63) is 12.3 Å². The molecule has 0 aromatic heterocycles. The van der Waals surface area contributed by atoms with Crippen LogP contribution in [0.25, 0.3) is 0 Å². The Morgan fingerprint density at radius 1 is 1.56 bits per heavy atom. The molecule has 3 nitrogen and oxygen atoms in total. The van der Waals surface area contributed by atoms with Crippen LogP contribution in [0.4, 0.5) is 0 Å². The average Bonchev–Trinajstić information content (AvgIpc) is 1.63. The monoisotopic (exact) mass is 128 g/mol. The molecule has 0 rings (SSSR count). The van der Waals surface area contributed by atoms with E-state index in [1.54, 1.807) is 0 Å². The number of hydrogen-bond donors (Lipinski definition) is 1. The van der Waals surface area contributed by atoms with Gasteiger partial charge in [-0.1, -0.05) is 6.58 Å². The van der Waals surface area contributed by atoms with Gasteiger partial charge in [-0.15, -0.1) is 0 Å². The smallest absolute Gasteiger partial charge is 0.203 e. The van der Waals surface area contributed by atoms with Crippen LogP contribution in [0.15, 0.2) is 12.3 Å². The minimum atomic E-state index is -0.609. The molecule has 0 saturated carbocycles. The Morgan fingerprint density at radius 3 is 2.11 bits per heavy atom. The van der Waals surface area contributed by atoms with E-state index < -0.39 is 11.5 Å². The second kappa shape index (κ2) is 3.02. The highest BCUT2D eigenvalue weighted by Gasteiger charge is 2.06. The highest BCUT2D eigenvalue weighted by molar-refractivity contribution is 6.05. The summed E-state index contributed by atoms with van der Waals surface area (Å²) in [6.07, 6.45) is -0.255. The fourth-order valence-electron chi connectivity index (χ4n) is 0.328. The summed E-state index contributed by atoms with van der Waals surface area (Å²) in [5.74, 6) is -1.43. The SMILES string of the molecule is C=C(O)C(=O)CC(C)=O. The highest BCUT2D eigenvalue weighted by atomic mass is 16.3. The van der Waals surface area contributed by atoms with Crippen molar-refractivity contribution in [1.29, 1.82) is 0 Å². The van der Waals surface area contributed by atoms with Gasteiger partial charge in [0.2, 0.25) is 5.78 Å². The van der Waals surface area contributed by atoms with E-state index in [1.165, 1.54) is 6.92 Å². The minimum absolute atomic E-state index is 0.255. The predicted molar refractivity (Wildman–Crippen MR) is 32.1 cm³/mol. The third-order valence-corrected chi connectivity index (χ3v) is 0.731. The van der Waals surface area contributed by atoms with Crippen molar-refractivity contribution in [3.63, 3.8) is 0 Å². The number of carbonyl (C=O) groups excluding carboxylic acids is 2. The van der Waals surface area contributed by atoms with Gasteiger partial charge in [-0.3, -0.25) is 9.59 Å². The molecule has 0 unspecified atom stereocenters. The number of aliphatic hydroxyl groups excluding tert-OH is 1. The molecule has 0 bridgehead atoms. The molecule has 0 aliphatic carbocycles. The normalized spacial score (nSPS) is 8.56. The van der Waals surface area contributed by atoms with Crippen LogP contribution in [0.3, 0.4) is 0 Å². The topological polar surface area (TPSA) is 54.4 Å². The van der Waals surface area contributed by atoms with E-state index in [0.29, 0.717) is 0 Å². The summed E-state index contributed by atoms with van der Waals surface area (Å²) in [6.45, 7) is 4.24. The van der Waals surface area contributed by atoms with E-state index in [9.17, 15) is 9.59 Å². The number of rotatable bonds is 3. The van der Waals surface area contributed by atoms with Crippen LogP contribution in [-0.4, -0.2) is 16.7 Å². The van der Waals surface area contributed by atoms with Gasteiger partial charge in [-0.2, -0.15) is 0 Å². The van der Waals surface area contributed by atoms with Crippen LogP contribution in [0, 0.1) is 0 Å². The van der Waals surface area contributed by atoms with E-state index in [2.05, 4.69) is 6.58 Å². The first-order valence-electron chi connectivity index (χ1n) is 2.44. The van der Waals surface area contributed by atoms with Gasteiger partial charge in [0.05, 0.1) is 6.42 Å². The van der Waals surface area contributed by atoms with Crippen molar-refractivity contribution >= 4 is 11.6 Å². The molecule has 0 saturated heterocycles. The Labute approximate surface area is 53.0 Å². The number of allylic oxidation sites excluding steroid dienone is 1. The van der Waals surface area contributed by atoms with Gasteiger partial charge < -0.3 is 5.11 Å². The first-order valence-corrected chi connectivity index (χ1v) is 2.44. The maximum Gasteiger partial charge on any atom is 0.203 e. The van der Waals surface area contributed by atoms with Crippen LogP contribution in [0.2, 0.25) is 0 Å². The van der Waals surface area contributed by atoms with E-state index in [-0.39, 0.29) is 12.2 Å². The number of hydrogen-bond acceptors (Lipinski definition) is 3. The van der Waals surface area contributed by atoms with E-state index in [4.69, 9.17) is 5.11 Å². The molecule has 0 heterocycles. The molecule has 0 fully saturated rings. The van der Waals surface area contributed by atoms with Crippen molar-refractivity contribution in [3.8, 4) is 0 Å². The van der Waals surface area contributed by atoms with Crippen LogP contribution in [-0.2, 0) is 9.59 Å². The average molecular weight is 128 g/mol. The van der Waals surface area contributed by atoms with E-state index in [0.717, 1.165) is 0 Å². The molecule has 9 heavy (non-hydrogen) atoms. The Bertz CT molecular complexity index is 158. The minimum Gasteiger partial charge on any atom is -0.505 e. The lowest BCUT2D eigenvalue weighted by Gasteiger charge is -1.91. The summed E-state index contributed by atoms with van der Waals surface area (Å²) < 4.78 is 0. The summed E-state index contributed by atoms with van der Waals surface area (Å²) in [6, 6.07) is 0. The number of Topliss-reactive ketones (excluding diaryl/α,β-unsaturated/α-hetero) is 2. The number of carbonyl (C=O) groups is 2. The van der Waals surface area contributed by atoms with Crippen molar-refractivity contribution in [2.75, 3.05) is 0 Å². The maximum atomic E-state index is 10.4. The largest absolute Gasteiger partial charge is 0.505 e. The first-order chi connectivity index (χ1) is 4.04. The Balaban J connectivity index is 3.79. The lowest BCUT2D eigenvalue weighted by atomic mass is 10.2.